The van der Waals surface area contributed by atoms with Crippen LogP contribution in [0.1, 0.15) is 16.7 Å². The van der Waals surface area contributed by atoms with Crippen LogP contribution in [0.25, 0.3) is 0 Å². The molecule has 2 aromatic carbocycles. The minimum absolute atomic E-state index is 0.729. The molecule has 0 saturated heterocycles. The Morgan fingerprint density at radius 3 is 2.40 bits per heavy atom. The Labute approximate surface area is 121 Å². The predicted molar refractivity (Wildman–Crippen MR) is 83.8 cm³/mol. The fraction of sp³-hybridized carbons (Fsp3) is 0.294. The maximum absolute atomic E-state index is 5.78. The Morgan fingerprint density at radius 2 is 1.75 bits per heavy atom. The zero-order valence-electron chi connectivity index (χ0n) is 12.4. The third-order valence-corrected chi connectivity index (χ3v) is 3.32. The first-order valence-corrected chi connectivity index (χ1v) is 6.75. The van der Waals surface area contributed by atoms with E-state index >= 15 is 0 Å². The zero-order valence-corrected chi connectivity index (χ0v) is 12.4. The molecule has 2 N–H and O–H groups in total. The van der Waals surface area contributed by atoms with E-state index in [1.165, 1.54) is 11.1 Å². The van der Waals surface area contributed by atoms with Gasteiger partial charge in [0, 0.05) is 30.4 Å². The molecule has 3 nitrogen and oxygen atoms in total. The molecule has 0 bridgehead atoms. The molecule has 2 rings (SSSR count). The lowest BCUT2D eigenvalue weighted by molar-refractivity contribution is 0.310. The van der Waals surface area contributed by atoms with Gasteiger partial charge in [-0.3, -0.25) is 4.90 Å². The summed E-state index contributed by atoms with van der Waals surface area (Å²) in [5.41, 5.74) is 10.3. The van der Waals surface area contributed by atoms with Crippen molar-refractivity contribution in [3.05, 3.63) is 59.2 Å². The van der Waals surface area contributed by atoms with E-state index < -0.39 is 0 Å². The van der Waals surface area contributed by atoms with Crippen molar-refractivity contribution in [2.45, 2.75) is 20.0 Å². The second-order valence-corrected chi connectivity index (χ2v) is 5.23. The van der Waals surface area contributed by atoms with E-state index in [2.05, 4.69) is 43.1 Å². The molecule has 0 saturated carbocycles. The zero-order chi connectivity index (χ0) is 14.5. The van der Waals surface area contributed by atoms with Gasteiger partial charge in [-0.25, -0.2) is 0 Å². The summed E-state index contributed by atoms with van der Waals surface area (Å²) in [5.74, 6) is 0.848. The summed E-state index contributed by atoms with van der Waals surface area (Å²) in [4.78, 5) is 2.26. The van der Waals surface area contributed by atoms with Crippen LogP contribution in [0.4, 0.5) is 5.69 Å². The monoisotopic (exact) mass is 270 g/mol. The van der Waals surface area contributed by atoms with Crippen LogP contribution < -0.4 is 10.5 Å². The van der Waals surface area contributed by atoms with Gasteiger partial charge in [-0.15, -0.1) is 0 Å². The van der Waals surface area contributed by atoms with Gasteiger partial charge in [0.25, 0.3) is 0 Å². The SMILES string of the molecule is COc1cc(N)ccc1CN(C)Cc1ccc(C)cc1. The van der Waals surface area contributed by atoms with Crippen LogP contribution in [0.5, 0.6) is 5.75 Å². The molecule has 2 aromatic rings. The quantitative estimate of drug-likeness (QED) is 0.848. The van der Waals surface area contributed by atoms with E-state index in [4.69, 9.17) is 10.5 Å². The van der Waals surface area contributed by atoms with Gasteiger partial charge >= 0.3 is 0 Å². The van der Waals surface area contributed by atoms with Crippen LogP contribution in [-0.2, 0) is 13.1 Å². The second-order valence-electron chi connectivity index (χ2n) is 5.23. The van der Waals surface area contributed by atoms with E-state index in [-0.39, 0.29) is 0 Å². The molecule has 0 amide bonds. The molecule has 0 radical (unpaired) electrons. The molecule has 0 aliphatic carbocycles. The van der Waals surface area contributed by atoms with E-state index in [9.17, 15) is 0 Å². The summed E-state index contributed by atoms with van der Waals surface area (Å²) in [6.07, 6.45) is 0. The average Bonchev–Trinajstić information content (AvgIpc) is 2.43. The Balaban J connectivity index is 2.04. The predicted octanol–water partition coefficient (Wildman–Crippen LogP) is 3.22. The summed E-state index contributed by atoms with van der Waals surface area (Å²) in [6, 6.07) is 14.4. The van der Waals surface area contributed by atoms with Crippen LogP contribution in [-0.4, -0.2) is 19.1 Å². The van der Waals surface area contributed by atoms with Crippen molar-refractivity contribution < 1.29 is 4.74 Å². The van der Waals surface area contributed by atoms with Crippen molar-refractivity contribution in [3.8, 4) is 5.75 Å². The molecule has 20 heavy (non-hydrogen) atoms. The largest absolute Gasteiger partial charge is 0.496 e. The average molecular weight is 270 g/mol. The number of nitrogens with zero attached hydrogens (tertiary/aromatic N) is 1. The van der Waals surface area contributed by atoms with Crippen LogP contribution >= 0.6 is 0 Å². The third-order valence-electron chi connectivity index (χ3n) is 3.32. The van der Waals surface area contributed by atoms with Crippen molar-refractivity contribution in [1.29, 1.82) is 0 Å². The van der Waals surface area contributed by atoms with Gasteiger partial charge in [0.1, 0.15) is 5.75 Å². The molecule has 0 fully saturated rings. The van der Waals surface area contributed by atoms with Crippen molar-refractivity contribution >= 4 is 5.69 Å². The molecule has 3 heteroatoms. The molecule has 106 valence electrons. The molecule has 0 spiro atoms. The number of rotatable bonds is 5. The second kappa shape index (κ2) is 6.44. The smallest absolute Gasteiger partial charge is 0.125 e. The summed E-state index contributed by atoms with van der Waals surface area (Å²) < 4.78 is 5.39. The van der Waals surface area contributed by atoms with E-state index in [1.807, 2.05) is 18.2 Å². The highest BCUT2D eigenvalue weighted by atomic mass is 16.5. The van der Waals surface area contributed by atoms with Crippen molar-refractivity contribution in [3.63, 3.8) is 0 Å². The summed E-state index contributed by atoms with van der Waals surface area (Å²) in [7, 11) is 3.79. The Hall–Kier alpha value is -2.00. The first kappa shape index (κ1) is 14.4. The molecule has 0 unspecified atom stereocenters. The highest BCUT2D eigenvalue weighted by Crippen LogP contribution is 2.23. The summed E-state index contributed by atoms with van der Waals surface area (Å²) in [6.45, 7) is 3.85. The minimum atomic E-state index is 0.729. The van der Waals surface area contributed by atoms with E-state index in [1.54, 1.807) is 7.11 Å². The Kier molecular flexibility index (Phi) is 4.64. The minimum Gasteiger partial charge on any atom is -0.496 e. The number of hydrogen-bond acceptors (Lipinski definition) is 3. The van der Waals surface area contributed by atoms with Crippen molar-refractivity contribution in [2.75, 3.05) is 19.9 Å². The van der Waals surface area contributed by atoms with Gasteiger partial charge in [-0.05, 0) is 25.6 Å². The maximum atomic E-state index is 5.78. The summed E-state index contributed by atoms with van der Waals surface area (Å²) in [5, 5.41) is 0. The number of nitrogens with two attached hydrogens (primary N) is 1. The normalized spacial score (nSPS) is 10.8. The number of anilines is 1. The third kappa shape index (κ3) is 3.75. The topological polar surface area (TPSA) is 38.5 Å². The van der Waals surface area contributed by atoms with Gasteiger partial charge in [-0.2, -0.15) is 0 Å². The van der Waals surface area contributed by atoms with Gasteiger partial charge < -0.3 is 10.5 Å². The lowest BCUT2D eigenvalue weighted by Crippen LogP contribution is -2.17. The van der Waals surface area contributed by atoms with Gasteiger partial charge in [0.15, 0.2) is 0 Å². The standard InChI is InChI=1S/C17H22N2O/c1-13-4-6-14(7-5-13)11-19(2)12-15-8-9-16(18)10-17(15)20-3/h4-10H,11-12,18H2,1-3H3. The van der Waals surface area contributed by atoms with E-state index in [0.717, 1.165) is 30.1 Å². The molecule has 0 aromatic heterocycles. The first-order chi connectivity index (χ1) is 9.58. The highest BCUT2D eigenvalue weighted by Gasteiger charge is 2.07. The number of benzene rings is 2. The van der Waals surface area contributed by atoms with E-state index in [0.29, 0.717) is 0 Å². The molecule has 0 aliphatic rings. The van der Waals surface area contributed by atoms with Gasteiger partial charge in [0.05, 0.1) is 7.11 Å². The number of aryl methyl sites for hydroxylation is 1. The molecular formula is C17H22N2O. The van der Waals surface area contributed by atoms with Crippen LogP contribution in [0.3, 0.4) is 0 Å². The van der Waals surface area contributed by atoms with Crippen molar-refractivity contribution in [1.82, 2.24) is 4.90 Å². The summed E-state index contributed by atoms with van der Waals surface area (Å²) >= 11 is 0. The lowest BCUT2D eigenvalue weighted by Gasteiger charge is -2.19. The molecule has 0 heterocycles. The maximum Gasteiger partial charge on any atom is 0.125 e. The van der Waals surface area contributed by atoms with Gasteiger partial charge in [-0.1, -0.05) is 35.9 Å². The molecule has 0 atom stereocenters. The molecule has 0 aliphatic heterocycles. The highest BCUT2D eigenvalue weighted by molar-refractivity contribution is 5.48. The molecular weight excluding hydrogens is 248 g/mol. The number of hydrogen-bond donors (Lipinski definition) is 1. The lowest BCUT2D eigenvalue weighted by atomic mass is 10.1. The number of nitrogen functional groups attached to an aromatic ring is 1. The van der Waals surface area contributed by atoms with Gasteiger partial charge in [0.2, 0.25) is 0 Å². The Morgan fingerprint density at radius 1 is 1.05 bits per heavy atom. The fourth-order valence-electron chi connectivity index (χ4n) is 2.24. The van der Waals surface area contributed by atoms with Crippen LogP contribution in [0.2, 0.25) is 0 Å². The van der Waals surface area contributed by atoms with Crippen molar-refractivity contribution in [2.24, 2.45) is 0 Å². The Bertz CT molecular complexity index is 564. The first-order valence-electron chi connectivity index (χ1n) is 6.75. The van der Waals surface area contributed by atoms with Crippen LogP contribution in [0, 0.1) is 6.92 Å². The number of ether oxygens (including phenoxy) is 1. The number of methoxy groups -OCH3 is 1. The fourth-order valence-corrected chi connectivity index (χ4v) is 2.24. The van der Waals surface area contributed by atoms with Crippen LogP contribution in [0.15, 0.2) is 42.5 Å².